The molecule has 1 aliphatic rings. The van der Waals surface area contributed by atoms with E-state index in [1.54, 1.807) is 46.2 Å². The molecule has 39 heavy (non-hydrogen) atoms. The number of aromatic amines is 1. The number of fused-ring (bicyclic) bond motifs is 1. The van der Waals surface area contributed by atoms with Gasteiger partial charge >= 0.3 is 0 Å². The summed E-state index contributed by atoms with van der Waals surface area (Å²) in [6, 6.07) is 16.9. The van der Waals surface area contributed by atoms with Crippen LogP contribution in [0.4, 0.5) is 0 Å². The molecule has 2 aromatic heterocycles. The molecule has 4 aromatic rings. The molecular weight excluding hydrogens is 494 g/mol. The van der Waals surface area contributed by atoms with E-state index < -0.39 is 11.5 Å². The van der Waals surface area contributed by atoms with Gasteiger partial charge in [0.2, 0.25) is 11.5 Å². The second kappa shape index (κ2) is 10.5. The van der Waals surface area contributed by atoms with Gasteiger partial charge in [-0.3, -0.25) is 14.6 Å². The number of rotatable bonds is 6. The van der Waals surface area contributed by atoms with Crippen LogP contribution in [-0.4, -0.2) is 62.2 Å². The molecule has 0 bridgehead atoms. The van der Waals surface area contributed by atoms with Crippen molar-refractivity contribution in [3.63, 3.8) is 0 Å². The predicted molar refractivity (Wildman–Crippen MR) is 148 cm³/mol. The van der Waals surface area contributed by atoms with Gasteiger partial charge in [0.05, 0.1) is 36.0 Å². The third-order valence-electron chi connectivity index (χ3n) is 7.06. The molecule has 9 nitrogen and oxygen atoms in total. The number of carbonyl (C=O) groups is 2. The van der Waals surface area contributed by atoms with Crippen LogP contribution in [0.5, 0.6) is 5.75 Å². The van der Waals surface area contributed by atoms with Crippen LogP contribution in [0.25, 0.3) is 22.3 Å². The standard InChI is InChI=1S/C30H33N5O4/c1-19(36)34-14-12-22(17-34)20-9-10-26-25(15-20)32-29(35(26)18-30(2,3)38)33-28(37)21-11-13-31-24(16-21)23-7-5-6-8-27(23)39-4/h5-11,13,15-16,22,38H,12,14,17-18H2,1-4H3,(H,32,33,37). The summed E-state index contributed by atoms with van der Waals surface area (Å²) in [5, 5.41) is 10.6. The zero-order valence-electron chi connectivity index (χ0n) is 22.6. The number of hydrogen-bond acceptors (Lipinski definition) is 5. The lowest BCUT2D eigenvalue weighted by Gasteiger charge is -2.18. The number of amides is 2. The minimum atomic E-state index is -1.03. The average molecular weight is 528 g/mol. The minimum Gasteiger partial charge on any atom is -0.496 e. The topological polar surface area (TPSA) is 113 Å². The fourth-order valence-electron chi connectivity index (χ4n) is 5.13. The molecule has 1 fully saturated rings. The van der Waals surface area contributed by atoms with Crippen molar-refractivity contribution in [1.29, 1.82) is 0 Å². The monoisotopic (exact) mass is 527 g/mol. The summed E-state index contributed by atoms with van der Waals surface area (Å²) in [4.78, 5) is 39.2. The molecule has 0 saturated carbocycles. The minimum absolute atomic E-state index is 0.0889. The average Bonchev–Trinajstić information content (AvgIpc) is 3.53. The van der Waals surface area contributed by atoms with Gasteiger partial charge < -0.3 is 24.3 Å². The maximum atomic E-state index is 13.4. The summed E-state index contributed by atoms with van der Waals surface area (Å²) in [6.45, 7) is 6.72. The van der Waals surface area contributed by atoms with Crippen LogP contribution in [-0.2, 0) is 11.3 Å². The van der Waals surface area contributed by atoms with Gasteiger partial charge in [0, 0.05) is 43.3 Å². The molecule has 1 atom stereocenters. The second-order valence-corrected chi connectivity index (χ2v) is 10.6. The first-order chi connectivity index (χ1) is 18.6. The number of nitrogens with zero attached hydrogens (tertiary/aromatic N) is 4. The highest BCUT2D eigenvalue weighted by atomic mass is 16.5. The number of likely N-dealkylation sites (tertiary alicyclic amines) is 1. The van der Waals surface area contributed by atoms with Gasteiger partial charge in [0.1, 0.15) is 5.75 Å². The van der Waals surface area contributed by atoms with E-state index in [1.807, 2.05) is 39.8 Å². The number of ether oxygens (including phenoxy) is 1. The van der Waals surface area contributed by atoms with E-state index >= 15 is 0 Å². The van der Waals surface area contributed by atoms with Crippen LogP contribution in [0.1, 0.15) is 49.0 Å². The number of nitrogens with one attached hydrogen (secondary N) is 1. The van der Waals surface area contributed by atoms with Gasteiger partial charge in [-0.2, -0.15) is 4.99 Å². The Kier molecular flexibility index (Phi) is 7.10. The van der Waals surface area contributed by atoms with E-state index in [2.05, 4.69) is 27.1 Å². The number of benzene rings is 2. The zero-order valence-corrected chi connectivity index (χ0v) is 22.6. The largest absolute Gasteiger partial charge is 0.496 e. The third-order valence-corrected chi connectivity index (χ3v) is 7.06. The smallest absolute Gasteiger partial charge is 0.280 e. The number of aromatic nitrogens is 3. The number of carbonyl (C=O) groups excluding carboxylic acids is 2. The molecule has 2 N–H and O–H groups in total. The number of para-hydroxylation sites is 1. The Labute approximate surface area is 226 Å². The van der Waals surface area contributed by atoms with Crippen LogP contribution >= 0.6 is 0 Å². The summed E-state index contributed by atoms with van der Waals surface area (Å²) in [7, 11) is 1.60. The molecule has 0 aliphatic carbocycles. The molecule has 2 aromatic carbocycles. The van der Waals surface area contributed by atoms with Gasteiger partial charge in [-0.15, -0.1) is 0 Å². The fourth-order valence-corrected chi connectivity index (χ4v) is 5.13. The third kappa shape index (κ3) is 5.63. The summed E-state index contributed by atoms with van der Waals surface area (Å²) < 4.78 is 7.29. The highest BCUT2D eigenvalue weighted by Gasteiger charge is 2.26. The van der Waals surface area contributed by atoms with Crippen molar-refractivity contribution in [2.45, 2.75) is 45.3 Å². The number of imidazole rings is 1. The molecule has 0 radical (unpaired) electrons. The maximum absolute atomic E-state index is 13.4. The van der Waals surface area contributed by atoms with E-state index in [4.69, 9.17) is 4.74 Å². The lowest BCUT2D eigenvalue weighted by molar-refractivity contribution is -0.127. The number of pyridine rings is 1. The van der Waals surface area contributed by atoms with E-state index in [1.165, 1.54) is 0 Å². The highest BCUT2D eigenvalue weighted by Crippen LogP contribution is 2.30. The number of H-pyrrole nitrogens is 1. The summed E-state index contributed by atoms with van der Waals surface area (Å²) in [6.07, 6.45) is 2.49. The van der Waals surface area contributed by atoms with Crippen molar-refractivity contribution in [2.75, 3.05) is 20.2 Å². The van der Waals surface area contributed by atoms with Crippen molar-refractivity contribution >= 4 is 22.8 Å². The van der Waals surface area contributed by atoms with Crippen LogP contribution in [0.2, 0.25) is 0 Å². The summed E-state index contributed by atoms with van der Waals surface area (Å²) in [5.74, 6) is 0.565. The Hall–Kier alpha value is -4.24. The van der Waals surface area contributed by atoms with Gasteiger partial charge in [0.15, 0.2) is 0 Å². The highest BCUT2D eigenvalue weighted by molar-refractivity contribution is 5.96. The van der Waals surface area contributed by atoms with Gasteiger partial charge in [-0.05, 0) is 62.2 Å². The second-order valence-electron chi connectivity index (χ2n) is 10.6. The number of hydrogen-bond donors (Lipinski definition) is 2. The first-order valence-electron chi connectivity index (χ1n) is 13.0. The van der Waals surface area contributed by atoms with Crippen molar-refractivity contribution < 1.29 is 19.4 Å². The van der Waals surface area contributed by atoms with Crippen LogP contribution in [0.3, 0.4) is 0 Å². The van der Waals surface area contributed by atoms with Crippen molar-refractivity contribution in [3.05, 3.63) is 77.5 Å². The molecule has 1 saturated heterocycles. The quantitative estimate of drug-likeness (QED) is 0.395. The van der Waals surface area contributed by atoms with Gasteiger partial charge in [0.25, 0.3) is 5.91 Å². The summed E-state index contributed by atoms with van der Waals surface area (Å²) >= 11 is 0. The van der Waals surface area contributed by atoms with Crippen LogP contribution in [0, 0.1) is 0 Å². The molecule has 1 aliphatic heterocycles. The zero-order chi connectivity index (χ0) is 27.7. The van der Waals surface area contributed by atoms with Crippen LogP contribution in [0.15, 0.2) is 65.8 Å². The fraction of sp³-hybridized carbons (Fsp3) is 0.333. The number of aliphatic hydroxyl groups is 1. The lowest BCUT2D eigenvalue weighted by Crippen LogP contribution is -2.32. The van der Waals surface area contributed by atoms with Gasteiger partial charge in [-0.25, -0.2) is 0 Å². The molecule has 9 heteroatoms. The molecular formula is C30H33N5O4. The Bertz CT molecular complexity index is 1610. The van der Waals surface area contributed by atoms with E-state index in [0.29, 0.717) is 29.2 Å². The normalized spacial score (nSPS) is 16.2. The molecule has 3 heterocycles. The van der Waals surface area contributed by atoms with E-state index in [0.717, 1.165) is 35.1 Å². The van der Waals surface area contributed by atoms with Crippen LogP contribution < -0.4 is 10.4 Å². The summed E-state index contributed by atoms with van der Waals surface area (Å²) in [5.41, 5.74) is 3.85. The molecule has 1 unspecified atom stereocenters. The number of methoxy groups -OCH3 is 1. The molecule has 0 spiro atoms. The van der Waals surface area contributed by atoms with E-state index in [9.17, 15) is 14.7 Å². The van der Waals surface area contributed by atoms with Crippen molar-refractivity contribution in [1.82, 2.24) is 19.4 Å². The first kappa shape index (κ1) is 26.4. The first-order valence-corrected chi connectivity index (χ1v) is 13.0. The van der Waals surface area contributed by atoms with Crippen molar-refractivity contribution in [2.24, 2.45) is 4.99 Å². The van der Waals surface area contributed by atoms with E-state index in [-0.39, 0.29) is 18.4 Å². The van der Waals surface area contributed by atoms with Crippen molar-refractivity contribution in [3.8, 4) is 17.0 Å². The SMILES string of the molecule is COc1ccccc1-c1cc(C(=O)/N=c2\[nH]c3cc(C4CCN(C(C)=O)C4)ccc3n2CC(C)(C)O)ccn1. The Balaban J connectivity index is 1.54. The Morgan fingerprint density at radius 3 is 2.69 bits per heavy atom. The molecule has 5 rings (SSSR count). The Morgan fingerprint density at radius 2 is 1.97 bits per heavy atom. The molecule has 2 amide bonds. The Morgan fingerprint density at radius 1 is 1.18 bits per heavy atom. The predicted octanol–water partition coefficient (Wildman–Crippen LogP) is 3.89. The molecule has 202 valence electrons. The maximum Gasteiger partial charge on any atom is 0.280 e. The van der Waals surface area contributed by atoms with Gasteiger partial charge in [-0.1, -0.05) is 18.2 Å². The lowest BCUT2D eigenvalue weighted by atomic mass is 9.98.